The van der Waals surface area contributed by atoms with Crippen molar-refractivity contribution in [3.63, 3.8) is 0 Å². The van der Waals surface area contributed by atoms with Gasteiger partial charge in [-0.2, -0.15) is 0 Å². The van der Waals surface area contributed by atoms with Crippen molar-refractivity contribution < 1.29 is 4.74 Å². The fourth-order valence-electron chi connectivity index (χ4n) is 2.37. The highest BCUT2D eigenvalue weighted by Gasteiger charge is 2.33. The van der Waals surface area contributed by atoms with E-state index in [0.717, 1.165) is 21.3 Å². The molecular weight excluding hydrogens is 302 g/mol. The fourth-order valence-corrected chi connectivity index (χ4v) is 2.74. The summed E-state index contributed by atoms with van der Waals surface area (Å²) < 4.78 is 7.04. The van der Waals surface area contributed by atoms with Crippen molar-refractivity contribution in [1.82, 2.24) is 0 Å². The van der Waals surface area contributed by atoms with E-state index in [9.17, 15) is 0 Å². The lowest BCUT2D eigenvalue weighted by Crippen LogP contribution is -2.25. The number of benzene rings is 2. The molecule has 2 aromatic rings. The molecule has 1 atom stereocenters. The van der Waals surface area contributed by atoms with Crippen LogP contribution in [-0.2, 0) is 10.3 Å². The molecule has 0 bridgehead atoms. The summed E-state index contributed by atoms with van der Waals surface area (Å²) in [6.45, 7) is 2.09. The van der Waals surface area contributed by atoms with Crippen LogP contribution in [0.2, 0.25) is 0 Å². The third-order valence-electron chi connectivity index (χ3n) is 3.43. The minimum Gasteiger partial charge on any atom is -0.484 e. The summed E-state index contributed by atoms with van der Waals surface area (Å²) in [6.07, 6.45) is 3.53. The number of rotatable bonds is 1. The number of hydrogen-bond donors (Lipinski definition) is 1. The molecule has 1 unspecified atom stereocenters. The van der Waals surface area contributed by atoms with Crippen LogP contribution < -0.4 is 5.32 Å². The Balaban J connectivity index is 2.22. The van der Waals surface area contributed by atoms with Gasteiger partial charge in [0.2, 0.25) is 0 Å². The lowest BCUT2D eigenvalue weighted by Gasteiger charge is -2.30. The number of ether oxygens (including phenoxy) is 1. The maximum absolute atomic E-state index is 5.99. The second-order valence-corrected chi connectivity index (χ2v) is 5.57. The quantitative estimate of drug-likeness (QED) is 0.828. The summed E-state index contributed by atoms with van der Waals surface area (Å²) in [5.74, 6) is 0. The molecule has 0 saturated carbocycles. The highest BCUT2D eigenvalue weighted by molar-refractivity contribution is 9.10. The Labute approximate surface area is 121 Å². The topological polar surface area (TPSA) is 21.3 Å². The van der Waals surface area contributed by atoms with Crippen LogP contribution in [-0.4, -0.2) is 0 Å². The minimum atomic E-state index is -0.500. The predicted molar refractivity (Wildman–Crippen MR) is 80.9 cm³/mol. The second kappa shape index (κ2) is 4.74. The first kappa shape index (κ1) is 12.3. The third-order valence-corrected chi connectivity index (χ3v) is 3.92. The van der Waals surface area contributed by atoms with E-state index in [1.165, 1.54) is 0 Å². The maximum atomic E-state index is 5.99. The standard InChI is InChI=1S/C16H14BrNO/c1-16(12-5-3-2-4-6-12)14-11-13(17)7-8-15(14)18-9-10-19-16/h2-11,18H,1H3. The van der Waals surface area contributed by atoms with Crippen LogP contribution in [0.1, 0.15) is 18.1 Å². The zero-order chi connectivity index (χ0) is 13.3. The van der Waals surface area contributed by atoms with Gasteiger partial charge in [0.15, 0.2) is 5.60 Å². The van der Waals surface area contributed by atoms with Crippen molar-refractivity contribution in [2.45, 2.75) is 12.5 Å². The Morgan fingerprint density at radius 3 is 2.68 bits per heavy atom. The summed E-state index contributed by atoms with van der Waals surface area (Å²) in [7, 11) is 0. The molecule has 0 spiro atoms. The summed E-state index contributed by atoms with van der Waals surface area (Å²) in [5.41, 5.74) is 2.80. The summed E-state index contributed by atoms with van der Waals surface area (Å²) >= 11 is 3.54. The normalized spacial score (nSPS) is 20.9. The number of hydrogen-bond acceptors (Lipinski definition) is 2. The average Bonchev–Trinajstić information content (AvgIpc) is 2.61. The van der Waals surface area contributed by atoms with Gasteiger partial charge in [-0.05, 0) is 30.7 Å². The maximum Gasteiger partial charge on any atom is 0.157 e. The van der Waals surface area contributed by atoms with Gasteiger partial charge in [0.05, 0.1) is 0 Å². The van der Waals surface area contributed by atoms with E-state index in [1.54, 1.807) is 6.26 Å². The van der Waals surface area contributed by atoms with Crippen LogP contribution in [0.25, 0.3) is 0 Å². The SMILES string of the molecule is CC1(c2ccccc2)OC=CNc2ccc(Br)cc21. The van der Waals surface area contributed by atoms with Gasteiger partial charge in [0.1, 0.15) is 6.26 Å². The largest absolute Gasteiger partial charge is 0.484 e. The van der Waals surface area contributed by atoms with Crippen molar-refractivity contribution in [1.29, 1.82) is 0 Å². The molecule has 1 heterocycles. The number of nitrogens with one attached hydrogen (secondary N) is 1. The van der Waals surface area contributed by atoms with Crippen molar-refractivity contribution in [2.24, 2.45) is 0 Å². The van der Waals surface area contributed by atoms with Crippen LogP contribution in [0.5, 0.6) is 0 Å². The first-order valence-electron chi connectivity index (χ1n) is 6.15. The first-order valence-corrected chi connectivity index (χ1v) is 6.94. The molecule has 19 heavy (non-hydrogen) atoms. The molecule has 1 N–H and O–H groups in total. The highest BCUT2D eigenvalue weighted by atomic mass is 79.9. The van der Waals surface area contributed by atoms with E-state index in [1.807, 2.05) is 30.5 Å². The molecular formula is C16H14BrNO. The van der Waals surface area contributed by atoms with Crippen LogP contribution in [0.15, 0.2) is 65.5 Å². The van der Waals surface area contributed by atoms with Gasteiger partial charge in [-0.25, -0.2) is 0 Å². The van der Waals surface area contributed by atoms with Crippen molar-refractivity contribution in [3.8, 4) is 0 Å². The molecule has 96 valence electrons. The van der Waals surface area contributed by atoms with Gasteiger partial charge >= 0.3 is 0 Å². The molecule has 1 aliphatic rings. The van der Waals surface area contributed by atoms with Gasteiger partial charge in [-0.1, -0.05) is 46.3 Å². The summed E-state index contributed by atoms with van der Waals surface area (Å²) in [5, 5.41) is 3.25. The van der Waals surface area contributed by atoms with Gasteiger partial charge in [0.25, 0.3) is 0 Å². The fraction of sp³-hybridized carbons (Fsp3) is 0.125. The van der Waals surface area contributed by atoms with Crippen molar-refractivity contribution in [3.05, 3.63) is 76.6 Å². The lowest BCUT2D eigenvalue weighted by atomic mass is 9.87. The van der Waals surface area contributed by atoms with Crippen LogP contribution in [0.4, 0.5) is 5.69 Å². The van der Waals surface area contributed by atoms with Gasteiger partial charge in [0, 0.05) is 21.9 Å². The highest BCUT2D eigenvalue weighted by Crippen LogP contribution is 2.40. The zero-order valence-corrected chi connectivity index (χ0v) is 12.1. The van der Waals surface area contributed by atoms with E-state index >= 15 is 0 Å². The van der Waals surface area contributed by atoms with Gasteiger partial charge in [-0.15, -0.1) is 0 Å². The minimum absolute atomic E-state index is 0.500. The molecule has 0 amide bonds. The smallest absolute Gasteiger partial charge is 0.157 e. The van der Waals surface area contributed by atoms with Crippen molar-refractivity contribution in [2.75, 3.05) is 5.32 Å². The molecule has 2 nitrogen and oxygen atoms in total. The van der Waals surface area contributed by atoms with Gasteiger partial charge < -0.3 is 10.1 Å². The zero-order valence-electron chi connectivity index (χ0n) is 10.6. The molecule has 2 aromatic carbocycles. The number of fused-ring (bicyclic) bond motifs is 1. The van der Waals surface area contributed by atoms with Crippen LogP contribution >= 0.6 is 15.9 Å². The Morgan fingerprint density at radius 2 is 1.89 bits per heavy atom. The molecule has 0 fully saturated rings. The molecule has 0 aliphatic carbocycles. The van der Waals surface area contributed by atoms with E-state index in [0.29, 0.717) is 0 Å². The molecule has 3 heteroatoms. The summed E-state index contributed by atoms with van der Waals surface area (Å²) in [4.78, 5) is 0. The molecule has 3 rings (SSSR count). The number of halogens is 1. The lowest BCUT2D eigenvalue weighted by molar-refractivity contribution is 0.0788. The Kier molecular flexibility index (Phi) is 3.07. The van der Waals surface area contributed by atoms with E-state index in [4.69, 9.17) is 4.74 Å². The predicted octanol–water partition coefficient (Wildman–Crippen LogP) is 4.63. The first-order chi connectivity index (χ1) is 9.20. The molecule has 0 saturated heterocycles. The monoisotopic (exact) mass is 315 g/mol. The Morgan fingerprint density at radius 1 is 1.11 bits per heavy atom. The Bertz CT molecular complexity index is 624. The van der Waals surface area contributed by atoms with E-state index in [2.05, 4.69) is 52.4 Å². The van der Waals surface area contributed by atoms with Crippen LogP contribution in [0.3, 0.4) is 0 Å². The van der Waals surface area contributed by atoms with Crippen LogP contribution in [0, 0.1) is 0 Å². The van der Waals surface area contributed by atoms with Gasteiger partial charge in [-0.3, -0.25) is 0 Å². The Hall–Kier alpha value is -1.74. The third kappa shape index (κ3) is 2.15. The molecule has 0 aromatic heterocycles. The van der Waals surface area contributed by atoms with E-state index in [-0.39, 0.29) is 0 Å². The number of anilines is 1. The average molecular weight is 316 g/mol. The summed E-state index contributed by atoms with van der Waals surface area (Å²) in [6, 6.07) is 16.4. The molecule has 0 radical (unpaired) electrons. The van der Waals surface area contributed by atoms with Crippen molar-refractivity contribution >= 4 is 21.6 Å². The molecule has 1 aliphatic heterocycles. The second-order valence-electron chi connectivity index (χ2n) is 4.65. The van der Waals surface area contributed by atoms with E-state index < -0.39 is 5.60 Å².